The zero-order valence-corrected chi connectivity index (χ0v) is 8.89. The summed E-state index contributed by atoms with van der Waals surface area (Å²) >= 11 is 0. The number of nitrogens with two attached hydrogens (primary N) is 1. The Hall–Kier alpha value is -1.36. The molecule has 82 valence electrons. The van der Waals surface area contributed by atoms with Crippen molar-refractivity contribution in [1.29, 1.82) is 0 Å². The van der Waals surface area contributed by atoms with E-state index in [1.165, 1.54) is 6.33 Å². The fourth-order valence-electron chi connectivity index (χ4n) is 1.73. The van der Waals surface area contributed by atoms with Crippen molar-refractivity contribution in [2.75, 3.05) is 24.6 Å². The molecule has 5 heteroatoms. The zero-order valence-electron chi connectivity index (χ0n) is 8.89. The number of nitrogens with zero attached hydrogens (tertiary/aromatic N) is 3. The molecule has 1 aliphatic heterocycles. The molecule has 1 aromatic rings. The zero-order chi connectivity index (χ0) is 10.7. The van der Waals surface area contributed by atoms with Gasteiger partial charge in [0.1, 0.15) is 12.1 Å². The Morgan fingerprint density at radius 1 is 1.60 bits per heavy atom. The van der Waals surface area contributed by atoms with Gasteiger partial charge < -0.3 is 15.4 Å². The Labute approximate surface area is 89.3 Å². The summed E-state index contributed by atoms with van der Waals surface area (Å²) in [6, 6.07) is 2.12. The molecule has 0 amide bonds. The lowest BCUT2D eigenvalue weighted by Gasteiger charge is -2.16. The fourth-order valence-corrected chi connectivity index (χ4v) is 1.73. The minimum absolute atomic E-state index is 0.260. The SMILES string of the molecule is CCOc1cc(N2CC[C@H](N)C2)ncn1. The summed E-state index contributed by atoms with van der Waals surface area (Å²) in [5.41, 5.74) is 5.84. The van der Waals surface area contributed by atoms with Crippen molar-refractivity contribution in [2.45, 2.75) is 19.4 Å². The summed E-state index contributed by atoms with van der Waals surface area (Å²) in [6.45, 7) is 4.38. The van der Waals surface area contributed by atoms with E-state index in [1.54, 1.807) is 0 Å². The van der Waals surface area contributed by atoms with E-state index in [0.29, 0.717) is 12.5 Å². The second kappa shape index (κ2) is 4.44. The average Bonchev–Trinajstić information content (AvgIpc) is 2.66. The lowest BCUT2D eigenvalue weighted by Crippen LogP contribution is -2.26. The molecule has 1 saturated heterocycles. The molecule has 0 bridgehead atoms. The molecular formula is C10H16N4O. The molecule has 0 spiro atoms. The number of hydrogen-bond acceptors (Lipinski definition) is 5. The van der Waals surface area contributed by atoms with Crippen LogP contribution in [0.5, 0.6) is 5.88 Å². The van der Waals surface area contributed by atoms with Crippen molar-refractivity contribution < 1.29 is 4.74 Å². The van der Waals surface area contributed by atoms with Gasteiger partial charge in [-0.2, -0.15) is 0 Å². The maximum Gasteiger partial charge on any atom is 0.218 e. The molecule has 5 nitrogen and oxygen atoms in total. The molecule has 0 unspecified atom stereocenters. The highest BCUT2D eigenvalue weighted by Gasteiger charge is 2.20. The topological polar surface area (TPSA) is 64.3 Å². The van der Waals surface area contributed by atoms with Crippen molar-refractivity contribution in [3.8, 4) is 5.88 Å². The largest absolute Gasteiger partial charge is 0.478 e. The van der Waals surface area contributed by atoms with Crippen LogP contribution in [0.1, 0.15) is 13.3 Å². The number of rotatable bonds is 3. The quantitative estimate of drug-likeness (QED) is 0.779. The summed E-state index contributed by atoms with van der Waals surface area (Å²) < 4.78 is 5.32. The van der Waals surface area contributed by atoms with Gasteiger partial charge >= 0.3 is 0 Å². The summed E-state index contributed by atoms with van der Waals surface area (Å²) in [4.78, 5) is 10.4. The van der Waals surface area contributed by atoms with Gasteiger partial charge in [0.05, 0.1) is 6.61 Å². The lowest BCUT2D eigenvalue weighted by molar-refractivity contribution is 0.326. The van der Waals surface area contributed by atoms with Gasteiger partial charge in [0.2, 0.25) is 5.88 Å². The Balaban J connectivity index is 2.10. The van der Waals surface area contributed by atoms with Crippen LogP contribution in [-0.2, 0) is 0 Å². The van der Waals surface area contributed by atoms with Crippen LogP contribution in [-0.4, -0.2) is 35.7 Å². The van der Waals surface area contributed by atoms with Crippen LogP contribution in [0, 0.1) is 0 Å². The van der Waals surface area contributed by atoms with E-state index in [-0.39, 0.29) is 6.04 Å². The number of aromatic nitrogens is 2. The first-order valence-electron chi connectivity index (χ1n) is 5.25. The molecule has 15 heavy (non-hydrogen) atoms. The minimum atomic E-state index is 0.260. The van der Waals surface area contributed by atoms with Crippen LogP contribution >= 0.6 is 0 Å². The Morgan fingerprint density at radius 2 is 2.47 bits per heavy atom. The predicted octanol–water partition coefficient (Wildman–Crippen LogP) is 0.413. The molecule has 1 aromatic heterocycles. The number of hydrogen-bond donors (Lipinski definition) is 1. The van der Waals surface area contributed by atoms with Gasteiger partial charge in [0.15, 0.2) is 0 Å². The van der Waals surface area contributed by atoms with E-state index in [9.17, 15) is 0 Å². The molecule has 0 saturated carbocycles. The van der Waals surface area contributed by atoms with Gasteiger partial charge in [-0.3, -0.25) is 0 Å². The van der Waals surface area contributed by atoms with Crippen LogP contribution in [0.3, 0.4) is 0 Å². The van der Waals surface area contributed by atoms with Crippen LogP contribution in [0.25, 0.3) is 0 Å². The van der Waals surface area contributed by atoms with Gasteiger partial charge in [0, 0.05) is 25.2 Å². The van der Waals surface area contributed by atoms with Gasteiger partial charge in [-0.25, -0.2) is 9.97 Å². The fraction of sp³-hybridized carbons (Fsp3) is 0.600. The first kappa shape index (κ1) is 10.2. The Morgan fingerprint density at radius 3 is 3.13 bits per heavy atom. The summed E-state index contributed by atoms with van der Waals surface area (Å²) in [6.07, 6.45) is 2.55. The summed E-state index contributed by atoms with van der Waals surface area (Å²) in [7, 11) is 0. The van der Waals surface area contributed by atoms with E-state index in [4.69, 9.17) is 10.5 Å². The Bertz CT molecular complexity index is 331. The van der Waals surface area contributed by atoms with Crippen molar-refractivity contribution >= 4 is 5.82 Å². The minimum Gasteiger partial charge on any atom is -0.478 e. The van der Waals surface area contributed by atoms with Crippen LogP contribution in [0.4, 0.5) is 5.82 Å². The maximum absolute atomic E-state index is 5.84. The molecule has 2 N–H and O–H groups in total. The normalized spacial score (nSPS) is 20.7. The van der Waals surface area contributed by atoms with Crippen molar-refractivity contribution in [1.82, 2.24) is 9.97 Å². The highest BCUT2D eigenvalue weighted by Crippen LogP contribution is 2.19. The average molecular weight is 208 g/mol. The van der Waals surface area contributed by atoms with Gasteiger partial charge in [-0.05, 0) is 13.3 Å². The van der Waals surface area contributed by atoms with Gasteiger partial charge in [-0.1, -0.05) is 0 Å². The molecule has 0 aliphatic carbocycles. The van der Waals surface area contributed by atoms with Crippen molar-refractivity contribution in [2.24, 2.45) is 5.73 Å². The van der Waals surface area contributed by atoms with E-state index in [0.717, 1.165) is 25.3 Å². The summed E-state index contributed by atoms with van der Waals surface area (Å²) in [5, 5.41) is 0. The Kier molecular flexibility index (Phi) is 3.01. The third kappa shape index (κ3) is 2.36. The molecule has 1 atom stereocenters. The molecular weight excluding hydrogens is 192 g/mol. The van der Waals surface area contributed by atoms with E-state index < -0.39 is 0 Å². The smallest absolute Gasteiger partial charge is 0.218 e. The van der Waals surface area contributed by atoms with Crippen molar-refractivity contribution in [3.63, 3.8) is 0 Å². The van der Waals surface area contributed by atoms with E-state index in [2.05, 4.69) is 14.9 Å². The molecule has 2 rings (SSSR count). The van der Waals surface area contributed by atoms with E-state index in [1.807, 2.05) is 13.0 Å². The highest BCUT2D eigenvalue weighted by molar-refractivity contribution is 5.42. The van der Waals surface area contributed by atoms with Crippen LogP contribution in [0.2, 0.25) is 0 Å². The molecule has 1 aliphatic rings. The molecule has 1 fully saturated rings. The maximum atomic E-state index is 5.84. The third-order valence-corrected chi connectivity index (χ3v) is 2.47. The van der Waals surface area contributed by atoms with Gasteiger partial charge in [-0.15, -0.1) is 0 Å². The molecule has 0 aromatic carbocycles. The highest BCUT2D eigenvalue weighted by atomic mass is 16.5. The number of ether oxygens (including phenoxy) is 1. The van der Waals surface area contributed by atoms with Crippen LogP contribution in [0.15, 0.2) is 12.4 Å². The second-order valence-corrected chi connectivity index (χ2v) is 3.64. The third-order valence-electron chi connectivity index (χ3n) is 2.47. The first-order chi connectivity index (χ1) is 7.29. The molecule has 2 heterocycles. The van der Waals surface area contributed by atoms with E-state index >= 15 is 0 Å². The number of anilines is 1. The second-order valence-electron chi connectivity index (χ2n) is 3.64. The first-order valence-corrected chi connectivity index (χ1v) is 5.25. The standard InChI is InChI=1S/C10H16N4O/c1-2-15-10-5-9(12-7-13-10)14-4-3-8(11)6-14/h5,7-8H,2-4,6,11H2,1H3/t8-/m0/s1. The summed E-state index contributed by atoms with van der Waals surface area (Å²) in [5.74, 6) is 1.53. The van der Waals surface area contributed by atoms with Crippen molar-refractivity contribution in [3.05, 3.63) is 12.4 Å². The lowest BCUT2D eigenvalue weighted by atomic mass is 10.3. The predicted molar refractivity (Wildman–Crippen MR) is 58.0 cm³/mol. The van der Waals surface area contributed by atoms with Gasteiger partial charge in [0.25, 0.3) is 0 Å². The monoisotopic (exact) mass is 208 g/mol. The van der Waals surface area contributed by atoms with Crippen LogP contribution < -0.4 is 15.4 Å². The molecule has 0 radical (unpaired) electrons.